The maximum atomic E-state index is 12.7. The maximum Gasteiger partial charge on any atom is 0.339 e. The molecule has 2 aromatic carbocycles. The van der Waals surface area contributed by atoms with Crippen LogP contribution in [-0.4, -0.2) is 49.1 Å². The average molecular weight is 422 g/mol. The fraction of sp³-hybridized carbons (Fsp3) is 0.261. The first kappa shape index (κ1) is 20.5. The fourth-order valence-corrected chi connectivity index (χ4v) is 3.77. The van der Waals surface area contributed by atoms with Crippen molar-refractivity contribution in [3.63, 3.8) is 0 Å². The lowest BCUT2D eigenvalue weighted by molar-refractivity contribution is -0.135. The monoisotopic (exact) mass is 422 g/mol. The molecule has 8 heteroatoms. The molecule has 0 aliphatic carbocycles. The van der Waals surface area contributed by atoms with Gasteiger partial charge in [0.25, 0.3) is 5.91 Å². The number of H-pyrrole nitrogens is 1. The zero-order chi connectivity index (χ0) is 22.0. The van der Waals surface area contributed by atoms with Crippen molar-refractivity contribution in [3.8, 4) is 11.5 Å². The minimum Gasteiger partial charge on any atom is -0.493 e. The maximum absolute atomic E-state index is 12.7. The number of para-hydroxylation sites is 1. The lowest BCUT2D eigenvalue weighted by Crippen LogP contribution is -2.38. The smallest absolute Gasteiger partial charge is 0.339 e. The van der Waals surface area contributed by atoms with Crippen LogP contribution in [0.15, 0.2) is 47.3 Å². The molecule has 0 saturated carbocycles. The molecule has 3 aromatic rings. The van der Waals surface area contributed by atoms with E-state index in [1.807, 2.05) is 12.1 Å². The van der Waals surface area contributed by atoms with Crippen molar-refractivity contribution in [3.05, 3.63) is 69.5 Å². The van der Waals surface area contributed by atoms with Crippen LogP contribution in [0.1, 0.15) is 21.5 Å². The van der Waals surface area contributed by atoms with Crippen molar-refractivity contribution >= 4 is 22.8 Å². The summed E-state index contributed by atoms with van der Waals surface area (Å²) in [5, 5.41) is 0.562. The average Bonchev–Trinajstić information content (AvgIpc) is 2.80. The summed E-state index contributed by atoms with van der Waals surface area (Å²) in [6.07, 6.45) is 0.661. The number of amides is 1. The van der Waals surface area contributed by atoms with Gasteiger partial charge in [-0.3, -0.25) is 9.59 Å². The Hall–Kier alpha value is -3.81. The largest absolute Gasteiger partial charge is 0.493 e. The normalized spacial score (nSPS) is 12.9. The highest BCUT2D eigenvalue weighted by Gasteiger charge is 2.24. The van der Waals surface area contributed by atoms with E-state index in [1.165, 1.54) is 6.07 Å². The topological polar surface area (TPSA) is 97.9 Å². The van der Waals surface area contributed by atoms with E-state index in [2.05, 4.69) is 4.98 Å². The van der Waals surface area contributed by atoms with Crippen molar-refractivity contribution in [1.82, 2.24) is 9.88 Å². The number of esters is 1. The number of methoxy groups -OCH3 is 2. The number of pyridine rings is 1. The lowest BCUT2D eigenvalue weighted by Gasteiger charge is -2.29. The van der Waals surface area contributed by atoms with Crippen molar-refractivity contribution in [2.24, 2.45) is 0 Å². The molecule has 0 fully saturated rings. The first-order valence-corrected chi connectivity index (χ1v) is 9.81. The van der Waals surface area contributed by atoms with Gasteiger partial charge in [0.2, 0.25) is 5.56 Å². The summed E-state index contributed by atoms with van der Waals surface area (Å²) in [4.78, 5) is 41.4. The number of carbonyl (C=O) groups excluding carboxylic acids is 2. The van der Waals surface area contributed by atoms with Crippen LogP contribution >= 0.6 is 0 Å². The van der Waals surface area contributed by atoms with Crippen LogP contribution in [0.3, 0.4) is 0 Å². The van der Waals surface area contributed by atoms with E-state index >= 15 is 0 Å². The summed E-state index contributed by atoms with van der Waals surface area (Å²) in [7, 11) is 3.15. The van der Waals surface area contributed by atoms with Crippen LogP contribution in [0.4, 0.5) is 0 Å². The molecular weight excluding hydrogens is 400 g/mol. The summed E-state index contributed by atoms with van der Waals surface area (Å²) >= 11 is 0. The van der Waals surface area contributed by atoms with Gasteiger partial charge >= 0.3 is 5.97 Å². The van der Waals surface area contributed by atoms with E-state index in [0.717, 1.165) is 11.1 Å². The SMILES string of the molecule is COc1cc2c(cc1OC)CN(C(=O)COC(=O)c1cc(=O)[nH]c3ccccc13)CC2. The number of ether oxygens (including phenoxy) is 3. The molecule has 0 atom stereocenters. The Labute approximate surface area is 178 Å². The third kappa shape index (κ3) is 4.09. The predicted molar refractivity (Wildman–Crippen MR) is 114 cm³/mol. The number of benzene rings is 2. The number of rotatable bonds is 5. The molecule has 1 aliphatic heterocycles. The molecule has 0 unspecified atom stereocenters. The Kier molecular flexibility index (Phi) is 5.62. The summed E-state index contributed by atoms with van der Waals surface area (Å²) in [6.45, 7) is 0.495. The second kappa shape index (κ2) is 8.51. The lowest BCUT2D eigenvalue weighted by atomic mass is 9.99. The number of nitrogens with one attached hydrogen (secondary N) is 1. The molecule has 4 rings (SSSR count). The molecule has 160 valence electrons. The zero-order valence-corrected chi connectivity index (χ0v) is 17.3. The van der Waals surface area contributed by atoms with Gasteiger partial charge in [-0.25, -0.2) is 4.79 Å². The third-order valence-corrected chi connectivity index (χ3v) is 5.37. The van der Waals surface area contributed by atoms with Crippen molar-refractivity contribution < 1.29 is 23.8 Å². The highest BCUT2D eigenvalue weighted by molar-refractivity contribution is 6.03. The van der Waals surface area contributed by atoms with Crippen LogP contribution in [0, 0.1) is 0 Å². The Morgan fingerprint density at radius 2 is 1.74 bits per heavy atom. The molecular formula is C23H22N2O6. The van der Waals surface area contributed by atoms with E-state index < -0.39 is 18.1 Å². The second-order valence-electron chi connectivity index (χ2n) is 7.21. The number of fused-ring (bicyclic) bond motifs is 2. The number of aromatic nitrogens is 1. The second-order valence-corrected chi connectivity index (χ2v) is 7.21. The molecule has 2 heterocycles. The summed E-state index contributed by atoms with van der Waals surface area (Å²) in [6, 6.07) is 11.9. The Balaban J connectivity index is 1.45. The summed E-state index contributed by atoms with van der Waals surface area (Å²) in [5.74, 6) is 0.241. The third-order valence-electron chi connectivity index (χ3n) is 5.37. The van der Waals surface area contributed by atoms with Gasteiger partial charge in [-0.05, 0) is 35.7 Å². The number of nitrogens with zero attached hydrogens (tertiary/aromatic N) is 1. The van der Waals surface area contributed by atoms with E-state index in [1.54, 1.807) is 43.4 Å². The molecule has 1 amide bonds. The molecule has 0 saturated heterocycles. The van der Waals surface area contributed by atoms with E-state index in [-0.39, 0.29) is 11.5 Å². The first-order valence-electron chi connectivity index (χ1n) is 9.81. The predicted octanol–water partition coefficient (Wildman–Crippen LogP) is 2.29. The van der Waals surface area contributed by atoms with Gasteiger partial charge in [0, 0.05) is 30.1 Å². The Bertz CT molecular complexity index is 1220. The minimum absolute atomic E-state index is 0.132. The van der Waals surface area contributed by atoms with Gasteiger partial charge in [-0.1, -0.05) is 18.2 Å². The first-order chi connectivity index (χ1) is 15.0. The number of aromatic amines is 1. The molecule has 31 heavy (non-hydrogen) atoms. The van der Waals surface area contributed by atoms with E-state index in [4.69, 9.17) is 14.2 Å². The van der Waals surface area contributed by atoms with Crippen molar-refractivity contribution in [2.75, 3.05) is 27.4 Å². The van der Waals surface area contributed by atoms with Gasteiger partial charge in [0.15, 0.2) is 18.1 Å². The van der Waals surface area contributed by atoms with Gasteiger partial charge in [0.1, 0.15) is 0 Å². The Morgan fingerprint density at radius 1 is 1.03 bits per heavy atom. The van der Waals surface area contributed by atoms with Crippen LogP contribution in [0.2, 0.25) is 0 Å². The summed E-state index contributed by atoms with van der Waals surface area (Å²) in [5.41, 5.74) is 2.31. The molecule has 8 nitrogen and oxygen atoms in total. The van der Waals surface area contributed by atoms with Gasteiger partial charge in [0.05, 0.1) is 19.8 Å². The van der Waals surface area contributed by atoms with Crippen molar-refractivity contribution in [1.29, 1.82) is 0 Å². The fourth-order valence-electron chi connectivity index (χ4n) is 3.77. The standard InChI is InChI=1S/C23H22N2O6/c1-29-19-9-14-7-8-25(12-15(14)10-20(19)30-2)22(27)13-31-23(28)17-11-21(26)24-18-6-4-3-5-16(17)18/h3-6,9-11H,7-8,12-13H2,1-2H3,(H,24,26). The van der Waals surface area contributed by atoms with Crippen LogP contribution in [-0.2, 0) is 22.5 Å². The summed E-state index contributed by atoms with van der Waals surface area (Å²) < 4.78 is 15.9. The highest BCUT2D eigenvalue weighted by atomic mass is 16.5. The van der Waals surface area contributed by atoms with Gasteiger partial charge < -0.3 is 24.1 Å². The Morgan fingerprint density at radius 3 is 2.48 bits per heavy atom. The molecule has 0 bridgehead atoms. The van der Waals surface area contributed by atoms with E-state index in [0.29, 0.717) is 41.9 Å². The molecule has 0 spiro atoms. The number of hydrogen-bond acceptors (Lipinski definition) is 6. The zero-order valence-electron chi connectivity index (χ0n) is 17.3. The quantitative estimate of drug-likeness (QED) is 0.634. The minimum atomic E-state index is -0.709. The van der Waals surface area contributed by atoms with Crippen LogP contribution in [0.25, 0.3) is 10.9 Å². The van der Waals surface area contributed by atoms with Gasteiger partial charge in [-0.2, -0.15) is 0 Å². The molecule has 1 N–H and O–H groups in total. The van der Waals surface area contributed by atoms with Crippen molar-refractivity contribution in [2.45, 2.75) is 13.0 Å². The number of carbonyl (C=O) groups is 2. The van der Waals surface area contributed by atoms with E-state index in [9.17, 15) is 14.4 Å². The highest BCUT2D eigenvalue weighted by Crippen LogP contribution is 2.33. The molecule has 0 radical (unpaired) electrons. The number of hydrogen-bond donors (Lipinski definition) is 1. The molecule has 1 aliphatic rings. The molecule has 1 aromatic heterocycles. The van der Waals surface area contributed by atoms with Crippen LogP contribution < -0.4 is 15.0 Å². The van der Waals surface area contributed by atoms with Gasteiger partial charge in [-0.15, -0.1) is 0 Å². The van der Waals surface area contributed by atoms with Crippen LogP contribution in [0.5, 0.6) is 11.5 Å².